The van der Waals surface area contributed by atoms with E-state index in [0.717, 1.165) is 22.4 Å². The summed E-state index contributed by atoms with van der Waals surface area (Å²) in [6, 6.07) is 7.35. The molecule has 0 N–H and O–H groups in total. The van der Waals surface area contributed by atoms with Gasteiger partial charge in [0.2, 0.25) is 0 Å². The lowest BCUT2D eigenvalue weighted by molar-refractivity contribution is -0.385. The maximum Gasteiger partial charge on any atom is 0.272 e. The lowest BCUT2D eigenvalue weighted by atomic mass is 9.98. The van der Waals surface area contributed by atoms with E-state index in [1.54, 1.807) is 25.3 Å². The second-order valence-electron chi connectivity index (χ2n) is 5.34. The minimum absolute atomic E-state index is 0.148. The first kappa shape index (κ1) is 14.2. The van der Waals surface area contributed by atoms with E-state index in [9.17, 15) is 10.1 Å². The van der Waals surface area contributed by atoms with Crippen molar-refractivity contribution < 1.29 is 4.92 Å². The summed E-state index contributed by atoms with van der Waals surface area (Å²) in [5.74, 6) is 0.370. The SMILES string of the molecule is Cc1cc(C(C)C)ncc1-c1ccc(C)c([N+](=O)[O-])c1. The Bertz CT molecular complexity index is 664. The van der Waals surface area contributed by atoms with E-state index in [2.05, 4.69) is 18.8 Å². The predicted molar refractivity (Wildman–Crippen MR) is 79.9 cm³/mol. The molecule has 0 saturated carbocycles. The number of aromatic nitrogens is 1. The number of aryl methyl sites for hydroxylation is 2. The number of pyridine rings is 1. The number of nitro benzene ring substituents is 1. The minimum atomic E-state index is -0.343. The zero-order chi connectivity index (χ0) is 14.9. The molecule has 1 aromatic carbocycles. The van der Waals surface area contributed by atoms with Gasteiger partial charge in [-0.15, -0.1) is 0 Å². The highest BCUT2D eigenvalue weighted by atomic mass is 16.6. The monoisotopic (exact) mass is 270 g/mol. The second kappa shape index (κ2) is 5.41. The maximum atomic E-state index is 11.0. The number of nitrogens with zero attached hydrogens (tertiary/aromatic N) is 2. The van der Waals surface area contributed by atoms with E-state index in [-0.39, 0.29) is 10.6 Å². The largest absolute Gasteiger partial charge is 0.272 e. The predicted octanol–water partition coefficient (Wildman–Crippen LogP) is 4.40. The molecule has 0 bridgehead atoms. The molecule has 4 heteroatoms. The molecule has 0 unspecified atom stereocenters. The zero-order valence-corrected chi connectivity index (χ0v) is 12.2. The molecule has 4 nitrogen and oxygen atoms in total. The summed E-state index contributed by atoms with van der Waals surface area (Å²) < 4.78 is 0. The Hall–Kier alpha value is -2.23. The van der Waals surface area contributed by atoms with E-state index in [0.29, 0.717) is 11.5 Å². The molecule has 0 radical (unpaired) electrons. The van der Waals surface area contributed by atoms with Gasteiger partial charge in [-0.05, 0) is 37.0 Å². The van der Waals surface area contributed by atoms with Crippen LogP contribution in [0.4, 0.5) is 5.69 Å². The Morgan fingerprint density at radius 1 is 1.15 bits per heavy atom. The number of hydrogen-bond donors (Lipinski definition) is 0. The van der Waals surface area contributed by atoms with Crippen molar-refractivity contribution in [2.75, 3.05) is 0 Å². The van der Waals surface area contributed by atoms with Gasteiger partial charge in [-0.1, -0.05) is 26.0 Å². The van der Waals surface area contributed by atoms with Gasteiger partial charge in [0.05, 0.1) is 4.92 Å². The normalized spacial score (nSPS) is 10.8. The van der Waals surface area contributed by atoms with Crippen molar-refractivity contribution in [3.8, 4) is 11.1 Å². The Kier molecular flexibility index (Phi) is 3.84. The second-order valence-corrected chi connectivity index (χ2v) is 5.34. The fraction of sp³-hybridized carbons (Fsp3) is 0.312. The lowest BCUT2D eigenvalue weighted by Gasteiger charge is -2.10. The molecule has 0 aliphatic rings. The van der Waals surface area contributed by atoms with Crippen molar-refractivity contribution in [2.24, 2.45) is 0 Å². The van der Waals surface area contributed by atoms with Gasteiger partial charge in [-0.25, -0.2) is 0 Å². The number of hydrogen-bond acceptors (Lipinski definition) is 3. The third-order valence-electron chi connectivity index (χ3n) is 3.44. The molecule has 0 atom stereocenters. The van der Waals surface area contributed by atoms with Crippen molar-refractivity contribution in [2.45, 2.75) is 33.6 Å². The molecule has 2 aromatic rings. The topological polar surface area (TPSA) is 56.0 Å². The summed E-state index contributed by atoms with van der Waals surface area (Å²) in [6.45, 7) is 7.94. The molecule has 0 spiro atoms. The Labute approximate surface area is 118 Å². The summed E-state index contributed by atoms with van der Waals surface area (Å²) >= 11 is 0. The van der Waals surface area contributed by atoms with Crippen molar-refractivity contribution in [3.63, 3.8) is 0 Å². The summed E-state index contributed by atoms with van der Waals surface area (Å²) in [4.78, 5) is 15.1. The van der Waals surface area contributed by atoms with Crippen LogP contribution in [0, 0.1) is 24.0 Å². The number of rotatable bonds is 3. The average Bonchev–Trinajstić information content (AvgIpc) is 2.39. The summed E-state index contributed by atoms with van der Waals surface area (Å²) in [6.07, 6.45) is 1.80. The van der Waals surface area contributed by atoms with Crippen molar-refractivity contribution in [3.05, 3.63) is 57.4 Å². The molecule has 0 aliphatic heterocycles. The first-order valence-corrected chi connectivity index (χ1v) is 6.62. The van der Waals surface area contributed by atoms with Crippen LogP contribution in [-0.4, -0.2) is 9.91 Å². The smallest absolute Gasteiger partial charge is 0.260 e. The molecule has 1 heterocycles. The highest BCUT2D eigenvalue weighted by Crippen LogP contribution is 2.29. The van der Waals surface area contributed by atoms with Crippen LogP contribution in [0.15, 0.2) is 30.5 Å². The lowest BCUT2D eigenvalue weighted by Crippen LogP contribution is -1.96. The van der Waals surface area contributed by atoms with Crippen LogP contribution in [0.3, 0.4) is 0 Å². The quantitative estimate of drug-likeness (QED) is 0.613. The number of benzene rings is 1. The van der Waals surface area contributed by atoms with Crippen molar-refractivity contribution in [1.29, 1.82) is 0 Å². The van der Waals surface area contributed by atoms with Gasteiger partial charge in [0.25, 0.3) is 5.69 Å². The van der Waals surface area contributed by atoms with Crippen LogP contribution in [0.25, 0.3) is 11.1 Å². The summed E-state index contributed by atoms with van der Waals surface area (Å²) in [7, 11) is 0. The van der Waals surface area contributed by atoms with Gasteiger partial charge >= 0.3 is 0 Å². The molecule has 2 rings (SSSR count). The zero-order valence-electron chi connectivity index (χ0n) is 12.2. The summed E-state index contributed by atoms with van der Waals surface area (Å²) in [5.41, 5.74) is 4.72. The minimum Gasteiger partial charge on any atom is -0.260 e. The first-order valence-electron chi connectivity index (χ1n) is 6.62. The van der Waals surface area contributed by atoms with Gasteiger partial charge < -0.3 is 0 Å². The fourth-order valence-electron chi connectivity index (χ4n) is 2.17. The molecule has 20 heavy (non-hydrogen) atoms. The Balaban J connectivity index is 2.52. The van der Waals surface area contributed by atoms with Crippen LogP contribution in [0.5, 0.6) is 0 Å². The van der Waals surface area contributed by atoms with Crippen molar-refractivity contribution >= 4 is 5.69 Å². The highest BCUT2D eigenvalue weighted by Gasteiger charge is 2.13. The van der Waals surface area contributed by atoms with Gasteiger partial charge in [0.15, 0.2) is 0 Å². The molecule has 104 valence electrons. The molecular weight excluding hydrogens is 252 g/mol. The average molecular weight is 270 g/mol. The van der Waals surface area contributed by atoms with Crippen LogP contribution in [-0.2, 0) is 0 Å². The van der Waals surface area contributed by atoms with E-state index >= 15 is 0 Å². The molecular formula is C16H18N2O2. The van der Waals surface area contributed by atoms with Gasteiger partial charge in [-0.3, -0.25) is 15.1 Å². The van der Waals surface area contributed by atoms with E-state index in [4.69, 9.17) is 0 Å². The van der Waals surface area contributed by atoms with E-state index in [1.165, 1.54) is 0 Å². The Morgan fingerprint density at radius 3 is 2.40 bits per heavy atom. The van der Waals surface area contributed by atoms with Crippen LogP contribution in [0.2, 0.25) is 0 Å². The van der Waals surface area contributed by atoms with Gasteiger partial charge in [0.1, 0.15) is 0 Å². The standard InChI is InChI=1S/C16H18N2O2/c1-10(2)15-7-12(4)14(9-17-15)13-6-5-11(3)16(8-13)18(19)20/h5-10H,1-4H3. The third-order valence-corrected chi connectivity index (χ3v) is 3.44. The first-order chi connectivity index (χ1) is 9.40. The van der Waals surface area contributed by atoms with Crippen LogP contribution >= 0.6 is 0 Å². The van der Waals surface area contributed by atoms with Crippen LogP contribution in [0.1, 0.15) is 36.6 Å². The Morgan fingerprint density at radius 2 is 1.85 bits per heavy atom. The van der Waals surface area contributed by atoms with Gasteiger partial charge in [-0.2, -0.15) is 0 Å². The molecule has 0 aliphatic carbocycles. The maximum absolute atomic E-state index is 11.0. The van der Waals surface area contributed by atoms with E-state index in [1.807, 2.05) is 19.1 Å². The van der Waals surface area contributed by atoms with E-state index < -0.39 is 0 Å². The molecule has 0 saturated heterocycles. The third kappa shape index (κ3) is 2.69. The number of nitro groups is 1. The highest BCUT2D eigenvalue weighted by molar-refractivity contribution is 5.69. The van der Waals surface area contributed by atoms with Gasteiger partial charge in [0, 0.05) is 29.1 Å². The molecule has 0 fully saturated rings. The molecule has 1 aromatic heterocycles. The van der Waals surface area contributed by atoms with Crippen molar-refractivity contribution in [1.82, 2.24) is 4.98 Å². The molecule has 0 amide bonds. The van der Waals surface area contributed by atoms with Crippen LogP contribution < -0.4 is 0 Å². The fourth-order valence-corrected chi connectivity index (χ4v) is 2.17. The summed E-state index contributed by atoms with van der Waals surface area (Å²) in [5, 5.41) is 11.0.